The van der Waals surface area contributed by atoms with E-state index in [4.69, 9.17) is 4.74 Å². The van der Waals surface area contributed by atoms with Gasteiger partial charge in [-0.3, -0.25) is 9.69 Å². The third-order valence-corrected chi connectivity index (χ3v) is 5.37. The zero-order chi connectivity index (χ0) is 17.7. The molecule has 2 aromatic carbocycles. The molecule has 2 unspecified atom stereocenters. The molecular weight excluding hydrogens is 310 g/mol. The van der Waals surface area contributed by atoms with Crippen molar-refractivity contribution in [3.05, 3.63) is 71.8 Å². The summed E-state index contributed by atoms with van der Waals surface area (Å²) in [6.07, 6.45) is 2.79. The number of ether oxygens (including phenoxy) is 1. The van der Waals surface area contributed by atoms with Crippen LogP contribution in [0.15, 0.2) is 60.7 Å². The summed E-state index contributed by atoms with van der Waals surface area (Å²) in [5.74, 6) is -0.0747. The van der Waals surface area contributed by atoms with Gasteiger partial charge in [0.15, 0.2) is 0 Å². The molecular formula is C22H27NO2. The highest BCUT2D eigenvalue weighted by Crippen LogP contribution is 2.41. The average molecular weight is 337 g/mol. The van der Waals surface area contributed by atoms with Crippen LogP contribution in [0.3, 0.4) is 0 Å². The Labute approximate surface area is 150 Å². The number of hydrogen-bond donors (Lipinski definition) is 0. The molecule has 2 aromatic rings. The molecule has 132 valence electrons. The van der Waals surface area contributed by atoms with Gasteiger partial charge < -0.3 is 4.74 Å². The van der Waals surface area contributed by atoms with Crippen molar-refractivity contribution in [3.63, 3.8) is 0 Å². The number of methoxy groups -OCH3 is 1. The topological polar surface area (TPSA) is 29.5 Å². The van der Waals surface area contributed by atoms with Gasteiger partial charge in [-0.2, -0.15) is 0 Å². The molecule has 2 atom stereocenters. The molecule has 0 bridgehead atoms. The largest absolute Gasteiger partial charge is 0.469 e. The molecule has 3 rings (SSSR count). The van der Waals surface area contributed by atoms with Crippen molar-refractivity contribution < 1.29 is 9.53 Å². The lowest BCUT2D eigenvalue weighted by atomic mass is 9.88. The summed E-state index contributed by atoms with van der Waals surface area (Å²) in [7, 11) is 1.49. The van der Waals surface area contributed by atoms with Gasteiger partial charge in [0.25, 0.3) is 0 Å². The summed E-state index contributed by atoms with van der Waals surface area (Å²) >= 11 is 0. The van der Waals surface area contributed by atoms with Crippen molar-refractivity contribution >= 4 is 5.97 Å². The first kappa shape index (κ1) is 17.7. The Bertz CT molecular complexity index is 644. The van der Waals surface area contributed by atoms with Crippen molar-refractivity contribution in [2.24, 2.45) is 5.41 Å². The maximum Gasteiger partial charge on any atom is 0.311 e. The van der Waals surface area contributed by atoms with Crippen LogP contribution < -0.4 is 0 Å². The van der Waals surface area contributed by atoms with Crippen molar-refractivity contribution in [1.29, 1.82) is 0 Å². The third-order valence-electron chi connectivity index (χ3n) is 5.37. The minimum atomic E-state index is -0.356. The number of esters is 1. The Morgan fingerprint density at radius 3 is 2.04 bits per heavy atom. The van der Waals surface area contributed by atoms with Gasteiger partial charge in [0.1, 0.15) is 0 Å². The molecule has 3 heteroatoms. The lowest BCUT2D eigenvalue weighted by molar-refractivity contribution is -0.151. The summed E-state index contributed by atoms with van der Waals surface area (Å²) in [4.78, 5) is 14.7. The lowest BCUT2D eigenvalue weighted by Crippen LogP contribution is -2.35. The highest BCUT2D eigenvalue weighted by molar-refractivity contribution is 5.76. The van der Waals surface area contributed by atoms with E-state index in [-0.39, 0.29) is 11.4 Å². The maximum atomic E-state index is 12.2. The van der Waals surface area contributed by atoms with Crippen LogP contribution >= 0.6 is 0 Å². The first-order valence-corrected chi connectivity index (χ1v) is 9.01. The predicted octanol–water partition coefficient (Wildman–Crippen LogP) is 4.42. The normalized spacial score (nSPS) is 22.9. The Morgan fingerprint density at radius 1 is 1.04 bits per heavy atom. The zero-order valence-electron chi connectivity index (χ0n) is 15.2. The first-order valence-electron chi connectivity index (χ1n) is 9.01. The molecule has 1 fully saturated rings. The maximum absolute atomic E-state index is 12.2. The number of carbonyl (C=O) groups excluding carboxylic acids is 1. The number of rotatable bonds is 6. The van der Waals surface area contributed by atoms with Crippen molar-refractivity contribution in [2.45, 2.75) is 45.3 Å². The molecule has 1 aliphatic rings. The standard InChI is InChI=1S/C22H27NO2/c1-22(21(24)25-2)14-13-20(15-22)23(16-18-9-5-3-6-10-18)17-19-11-7-4-8-12-19/h3-12,20H,13-17H2,1-2H3. The van der Waals surface area contributed by atoms with Crippen LogP contribution in [-0.4, -0.2) is 24.0 Å². The number of benzene rings is 2. The van der Waals surface area contributed by atoms with Gasteiger partial charge in [0, 0.05) is 19.1 Å². The van der Waals surface area contributed by atoms with E-state index < -0.39 is 0 Å². The van der Waals surface area contributed by atoms with E-state index in [1.54, 1.807) is 0 Å². The minimum Gasteiger partial charge on any atom is -0.469 e. The lowest BCUT2D eigenvalue weighted by Gasteiger charge is -2.30. The van der Waals surface area contributed by atoms with E-state index in [1.807, 2.05) is 6.92 Å². The smallest absolute Gasteiger partial charge is 0.311 e. The third kappa shape index (κ3) is 4.29. The molecule has 0 heterocycles. The molecule has 1 aliphatic carbocycles. The van der Waals surface area contributed by atoms with Crippen LogP contribution in [0.2, 0.25) is 0 Å². The Hall–Kier alpha value is -2.13. The van der Waals surface area contributed by atoms with Crippen molar-refractivity contribution in [3.8, 4) is 0 Å². The number of nitrogens with zero attached hydrogens (tertiary/aromatic N) is 1. The molecule has 0 spiro atoms. The van der Waals surface area contributed by atoms with E-state index in [2.05, 4.69) is 65.6 Å². The molecule has 25 heavy (non-hydrogen) atoms. The highest BCUT2D eigenvalue weighted by atomic mass is 16.5. The second-order valence-corrected chi connectivity index (χ2v) is 7.33. The molecule has 0 amide bonds. The fraction of sp³-hybridized carbons (Fsp3) is 0.409. The quantitative estimate of drug-likeness (QED) is 0.731. The number of carbonyl (C=O) groups is 1. The summed E-state index contributed by atoms with van der Waals surface area (Å²) in [6.45, 7) is 3.84. The monoisotopic (exact) mass is 337 g/mol. The molecule has 3 nitrogen and oxygen atoms in total. The van der Waals surface area contributed by atoms with E-state index in [9.17, 15) is 4.79 Å². The van der Waals surface area contributed by atoms with E-state index in [0.29, 0.717) is 6.04 Å². The van der Waals surface area contributed by atoms with Crippen LogP contribution in [0.4, 0.5) is 0 Å². The molecule has 0 aliphatic heterocycles. The second kappa shape index (κ2) is 7.83. The second-order valence-electron chi connectivity index (χ2n) is 7.33. The molecule has 0 saturated heterocycles. The predicted molar refractivity (Wildman–Crippen MR) is 99.9 cm³/mol. The minimum absolute atomic E-state index is 0.0747. The summed E-state index contributed by atoms with van der Waals surface area (Å²) in [5.41, 5.74) is 2.26. The molecule has 0 N–H and O–H groups in total. The first-order chi connectivity index (χ1) is 12.1. The summed E-state index contributed by atoms with van der Waals surface area (Å²) in [6, 6.07) is 21.5. The van der Waals surface area contributed by atoms with Crippen LogP contribution in [0.5, 0.6) is 0 Å². The average Bonchev–Trinajstić information content (AvgIpc) is 3.06. The molecule has 0 aromatic heterocycles. The fourth-order valence-corrected chi connectivity index (χ4v) is 3.90. The summed E-state index contributed by atoms with van der Waals surface area (Å²) in [5, 5.41) is 0. The SMILES string of the molecule is COC(=O)C1(C)CCC(N(Cc2ccccc2)Cc2ccccc2)C1. The fourth-order valence-electron chi connectivity index (χ4n) is 3.90. The van der Waals surface area contributed by atoms with Crippen LogP contribution in [-0.2, 0) is 22.6 Å². The van der Waals surface area contributed by atoms with Gasteiger partial charge in [-0.05, 0) is 37.3 Å². The van der Waals surface area contributed by atoms with Gasteiger partial charge in [0.2, 0.25) is 0 Å². The Kier molecular flexibility index (Phi) is 5.54. The van der Waals surface area contributed by atoms with Gasteiger partial charge in [0.05, 0.1) is 12.5 Å². The highest BCUT2D eigenvalue weighted by Gasteiger charge is 2.43. The van der Waals surface area contributed by atoms with Crippen molar-refractivity contribution in [1.82, 2.24) is 4.90 Å². The van der Waals surface area contributed by atoms with Crippen LogP contribution in [0, 0.1) is 5.41 Å². The number of hydrogen-bond acceptors (Lipinski definition) is 3. The Balaban J connectivity index is 1.78. The molecule has 0 radical (unpaired) electrons. The van der Waals surface area contributed by atoms with Gasteiger partial charge in [-0.1, -0.05) is 60.7 Å². The van der Waals surface area contributed by atoms with Crippen molar-refractivity contribution in [2.75, 3.05) is 7.11 Å². The zero-order valence-corrected chi connectivity index (χ0v) is 15.2. The van der Waals surface area contributed by atoms with Crippen LogP contribution in [0.1, 0.15) is 37.3 Å². The van der Waals surface area contributed by atoms with Crippen LogP contribution in [0.25, 0.3) is 0 Å². The van der Waals surface area contributed by atoms with E-state index in [1.165, 1.54) is 18.2 Å². The van der Waals surface area contributed by atoms with Gasteiger partial charge in [-0.25, -0.2) is 0 Å². The van der Waals surface area contributed by atoms with E-state index >= 15 is 0 Å². The summed E-state index contributed by atoms with van der Waals surface area (Å²) < 4.78 is 5.04. The van der Waals surface area contributed by atoms with Gasteiger partial charge >= 0.3 is 5.97 Å². The Morgan fingerprint density at radius 2 is 1.56 bits per heavy atom. The van der Waals surface area contributed by atoms with Gasteiger partial charge in [-0.15, -0.1) is 0 Å². The van der Waals surface area contributed by atoms with E-state index in [0.717, 1.165) is 32.4 Å². The molecule has 1 saturated carbocycles.